The van der Waals surface area contributed by atoms with Gasteiger partial charge in [0.25, 0.3) is 0 Å². The van der Waals surface area contributed by atoms with E-state index < -0.39 is 0 Å². The molecule has 1 rings (SSSR count). The molecule has 1 N–H and O–H groups in total. The van der Waals surface area contributed by atoms with Gasteiger partial charge in [-0.15, -0.1) is 0 Å². The third-order valence-electron chi connectivity index (χ3n) is 4.86. The quantitative estimate of drug-likeness (QED) is 0.286. The average Bonchev–Trinajstić information content (AvgIpc) is 2.64. The van der Waals surface area contributed by atoms with Crippen molar-refractivity contribution < 1.29 is 4.79 Å². The molecule has 0 saturated carbocycles. The predicted molar refractivity (Wildman–Crippen MR) is 114 cm³/mol. The molecule has 0 fully saturated rings. The fourth-order valence-corrected chi connectivity index (χ4v) is 3.05. The van der Waals surface area contributed by atoms with Crippen molar-refractivity contribution in [1.82, 2.24) is 5.32 Å². The van der Waals surface area contributed by atoms with E-state index in [1.807, 2.05) is 6.08 Å². The highest BCUT2D eigenvalue weighted by atomic mass is 16.1. The molecule has 146 valence electrons. The van der Waals surface area contributed by atoms with Crippen LogP contribution >= 0.6 is 0 Å². The molecule has 0 saturated heterocycles. The lowest BCUT2D eigenvalue weighted by molar-refractivity contribution is -0.116. The fraction of sp³-hybridized carbons (Fsp3) is 0.625. The van der Waals surface area contributed by atoms with E-state index in [-0.39, 0.29) is 5.91 Å². The molecular weight excluding hydrogens is 318 g/mol. The first kappa shape index (κ1) is 22.5. The zero-order valence-corrected chi connectivity index (χ0v) is 17.2. The number of carbonyl (C=O) groups excluding carboxylic acids is 1. The predicted octanol–water partition coefficient (Wildman–Crippen LogP) is 6.86. The monoisotopic (exact) mass is 357 g/mol. The third kappa shape index (κ3) is 11.1. The molecule has 0 bridgehead atoms. The Kier molecular flexibility index (Phi) is 12.6. The summed E-state index contributed by atoms with van der Waals surface area (Å²) in [5, 5.41) is 2.98. The SMILES string of the molecule is CCCCCCCCCCCCNC(=O)C=Cc1ccc(C(C)C)cc1. The molecule has 0 aromatic heterocycles. The maximum absolute atomic E-state index is 11.9. The van der Waals surface area contributed by atoms with Gasteiger partial charge in [-0.05, 0) is 29.5 Å². The largest absolute Gasteiger partial charge is 0.353 e. The number of rotatable bonds is 14. The van der Waals surface area contributed by atoms with Crippen molar-refractivity contribution in [2.24, 2.45) is 0 Å². The van der Waals surface area contributed by atoms with Crippen molar-refractivity contribution in [3.05, 3.63) is 41.5 Å². The normalized spacial score (nSPS) is 11.4. The van der Waals surface area contributed by atoms with Gasteiger partial charge in [-0.2, -0.15) is 0 Å². The molecular formula is C24H39NO. The van der Waals surface area contributed by atoms with Gasteiger partial charge in [0.05, 0.1) is 0 Å². The van der Waals surface area contributed by atoms with E-state index in [4.69, 9.17) is 0 Å². The van der Waals surface area contributed by atoms with E-state index in [0.717, 1.165) is 18.5 Å². The van der Waals surface area contributed by atoms with Crippen LogP contribution in [0.1, 0.15) is 102 Å². The van der Waals surface area contributed by atoms with Crippen LogP contribution < -0.4 is 5.32 Å². The summed E-state index contributed by atoms with van der Waals surface area (Å²) in [5.74, 6) is 0.547. The summed E-state index contributed by atoms with van der Waals surface area (Å²) < 4.78 is 0. The highest BCUT2D eigenvalue weighted by Crippen LogP contribution is 2.15. The lowest BCUT2D eigenvalue weighted by Crippen LogP contribution is -2.21. The lowest BCUT2D eigenvalue weighted by atomic mass is 10.0. The maximum atomic E-state index is 11.9. The minimum absolute atomic E-state index is 0.00820. The molecule has 26 heavy (non-hydrogen) atoms. The van der Waals surface area contributed by atoms with Crippen molar-refractivity contribution in [3.63, 3.8) is 0 Å². The van der Waals surface area contributed by atoms with Gasteiger partial charge in [-0.25, -0.2) is 0 Å². The van der Waals surface area contributed by atoms with Crippen LogP contribution in [0.4, 0.5) is 0 Å². The van der Waals surface area contributed by atoms with Crippen LogP contribution in [-0.2, 0) is 4.79 Å². The first-order valence-electron chi connectivity index (χ1n) is 10.7. The third-order valence-corrected chi connectivity index (χ3v) is 4.86. The molecule has 0 radical (unpaired) electrons. The van der Waals surface area contributed by atoms with E-state index in [1.54, 1.807) is 6.08 Å². The maximum Gasteiger partial charge on any atom is 0.243 e. The fourth-order valence-electron chi connectivity index (χ4n) is 3.05. The van der Waals surface area contributed by atoms with E-state index in [1.165, 1.54) is 63.4 Å². The topological polar surface area (TPSA) is 29.1 Å². The summed E-state index contributed by atoms with van der Waals surface area (Å²) in [5.41, 5.74) is 2.40. The van der Waals surface area contributed by atoms with Crippen LogP contribution in [0.5, 0.6) is 0 Å². The first-order valence-corrected chi connectivity index (χ1v) is 10.7. The highest BCUT2D eigenvalue weighted by Gasteiger charge is 1.99. The Morgan fingerprint density at radius 2 is 1.42 bits per heavy atom. The van der Waals surface area contributed by atoms with Gasteiger partial charge in [0, 0.05) is 12.6 Å². The second kappa shape index (κ2) is 14.6. The molecule has 0 atom stereocenters. The molecule has 2 heteroatoms. The number of hydrogen-bond donors (Lipinski definition) is 1. The number of benzene rings is 1. The van der Waals surface area contributed by atoms with E-state index in [0.29, 0.717) is 5.92 Å². The Morgan fingerprint density at radius 1 is 0.885 bits per heavy atom. The average molecular weight is 358 g/mol. The van der Waals surface area contributed by atoms with Crippen LogP contribution in [-0.4, -0.2) is 12.5 Å². The highest BCUT2D eigenvalue weighted by molar-refractivity contribution is 5.91. The van der Waals surface area contributed by atoms with Crippen LogP contribution in [0.25, 0.3) is 6.08 Å². The molecule has 0 heterocycles. The number of carbonyl (C=O) groups is 1. The van der Waals surface area contributed by atoms with Gasteiger partial charge in [-0.3, -0.25) is 4.79 Å². The van der Waals surface area contributed by atoms with E-state index in [2.05, 4.69) is 50.4 Å². The minimum atomic E-state index is 0.00820. The van der Waals surface area contributed by atoms with Crippen LogP contribution in [0.3, 0.4) is 0 Å². The molecule has 0 aliphatic rings. The van der Waals surface area contributed by atoms with Gasteiger partial charge in [-0.1, -0.05) is 103 Å². The minimum Gasteiger partial charge on any atom is -0.353 e. The number of amides is 1. The summed E-state index contributed by atoms with van der Waals surface area (Å²) >= 11 is 0. The summed E-state index contributed by atoms with van der Waals surface area (Å²) in [4.78, 5) is 11.9. The molecule has 0 spiro atoms. The van der Waals surface area contributed by atoms with Gasteiger partial charge in [0.2, 0.25) is 5.91 Å². The van der Waals surface area contributed by atoms with Crippen molar-refractivity contribution in [2.45, 2.75) is 90.9 Å². The Bertz CT molecular complexity index is 501. The van der Waals surface area contributed by atoms with Crippen LogP contribution in [0.15, 0.2) is 30.3 Å². The van der Waals surface area contributed by atoms with Crippen LogP contribution in [0, 0.1) is 0 Å². The molecule has 0 unspecified atom stereocenters. The summed E-state index contributed by atoms with van der Waals surface area (Å²) in [6.07, 6.45) is 16.7. The van der Waals surface area contributed by atoms with Gasteiger partial charge >= 0.3 is 0 Å². The Labute approximate surface area is 161 Å². The number of hydrogen-bond acceptors (Lipinski definition) is 1. The van der Waals surface area contributed by atoms with E-state index in [9.17, 15) is 4.79 Å². The molecule has 1 aromatic carbocycles. The zero-order valence-electron chi connectivity index (χ0n) is 17.2. The van der Waals surface area contributed by atoms with E-state index >= 15 is 0 Å². The number of unbranched alkanes of at least 4 members (excludes halogenated alkanes) is 9. The van der Waals surface area contributed by atoms with Crippen molar-refractivity contribution in [3.8, 4) is 0 Å². The summed E-state index contributed by atoms with van der Waals surface area (Å²) in [6.45, 7) is 7.42. The Balaban J connectivity index is 2.03. The second-order valence-electron chi connectivity index (χ2n) is 7.63. The molecule has 1 amide bonds. The second-order valence-corrected chi connectivity index (χ2v) is 7.63. The Hall–Kier alpha value is -1.57. The van der Waals surface area contributed by atoms with Gasteiger partial charge in [0.15, 0.2) is 0 Å². The molecule has 1 aromatic rings. The molecule has 0 aliphatic carbocycles. The molecule has 0 aliphatic heterocycles. The van der Waals surface area contributed by atoms with Crippen molar-refractivity contribution in [1.29, 1.82) is 0 Å². The van der Waals surface area contributed by atoms with Gasteiger partial charge in [0.1, 0.15) is 0 Å². The van der Waals surface area contributed by atoms with Gasteiger partial charge < -0.3 is 5.32 Å². The molecule has 2 nitrogen and oxygen atoms in total. The van der Waals surface area contributed by atoms with Crippen molar-refractivity contribution >= 4 is 12.0 Å². The van der Waals surface area contributed by atoms with Crippen LogP contribution in [0.2, 0.25) is 0 Å². The van der Waals surface area contributed by atoms with Crippen molar-refractivity contribution in [2.75, 3.05) is 6.54 Å². The first-order chi connectivity index (χ1) is 12.6. The zero-order chi connectivity index (χ0) is 19.0. The smallest absolute Gasteiger partial charge is 0.243 e. The lowest BCUT2D eigenvalue weighted by Gasteiger charge is -2.05. The number of nitrogens with one attached hydrogen (secondary N) is 1. The Morgan fingerprint density at radius 3 is 1.96 bits per heavy atom. The summed E-state index contributed by atoms with van der Waals surface area (Å²) in [6, 6.07) is 8.40. The standard InChI is InChI=1S/C24H39NO/c1-4-5-6-7-8-9-10-11-12-13-20-25-24(26)19-16-22-14-17-23(18-15-22)21(2)3/h14-19,21H,4-13,20H2,1-3H3,(H,25,26). The summed E-state index contributed by atoms with van der Waals surface area (Å²) in [7, 11) is 0.